The number of hydrogen-bond donors (Lipinski definition) is 1. The molecule has 1 N–H and O–H groups in total. The number of nitrogens with zero attached hydrogens (tertiary/aromatic N) is 1. The zero-order valence-corrected chi connectivity index (χ0v) is 7.77. The van der Waals surface area contributed by atoms with Gasteiger partial charge < -0.3 is 14.4 Å². The van der Waals surface area contributed by atoms with Gasteiger partial charge in [0.25, 0.3) is 5.91 Å². The minimum absolute atomic E-state index is 0.113. The molecule has 1 aromatic rings. The van der Waals surface area contributed by atoms with E-state index in [1.54, 1.807) is 17.0 Å². The van der Waals surface area contributed by atoms with Crippen LogP contribution in [0.2, 0.25) is 0 Å². The minimum Gasteiger partial charge on any atom is -0.448 e. The summed E-state index contributed by atoms with van der Waals surface area (Å²) in [4.78, 5) is 13.4. The number of rotatable bonds is 1. The topological polar surface area (TPSA) is 53.7 Å². The number of piperidine rings is 1. The van der Waals surface area contributed by atoms with Gasteiger partial charge in [-0.3, -0.25) is 4.79 Å². The van der Waals surface area contributed by atoms with Gasteiger partial charge in [-0.05, 0) is 25.0 Å². The van der Waals surface area contributed by atoms with Gasteiger partial charge in [-0.15, -0.1) is 0 Å². The standard InChI is InChI=1S/C10H12NO3/c12-8-3-5-11(6-4-8)10(13)9-2-1-7-14-9/h1-2,8,12H,3-6H2. The van der Waals surface area contributed by atoms with Crippen molar-refractivity contribution in [2.45, 2.75) is 18.9 Å². The predicted octanol–water partition coefficient (Wildman–Crippen LogP) is 0.677. The van der Waals surface area contributed by atoms with Gasteiger partial charge >= 0.3 is 0 Å². The van der Waals surface area contributed by atoms with Gasteiger partial charge in [-0.1, -0.05) is 0 Å². The van der Waals surface area contributed by atoms with Crippen LogP contribution in [0.25, 0.3) is 0 Å². The van der Waals surface area contributed by atoms with Gasteiger partial charge in [-0.2, -0.15) is 0 Å². The monoisotopic (exact) mass is 194 g/mol. The van der Waals surface area contributed by atoms with Gasteiger partial charge in [0, 0.05) is 13.1 Å². The first-order valence-electron chi connectivity index (χ1n) is 4.70. The normalized spacial score (nSPS) is 18.5. The van der Waals surface area contributed by atoms with E-state index in [-0.39, 0.29) is 12.0 Å². The van der Waals surface area contributed by atoms with Crippen molar-refractivity contribution in [3.8, 4) is 0 Å². The Kier molecular flexibility index (Phi) is 2.54. The van der Waals surface area contributed by atoms with Gasteiger partial charge in [-0.25, -0.2) is 0 Å². The van der Waals surface area contributed by atoms with E-state index in [1.807, 2.05) is 0 Å². The molecule has 1 saturated heterocycles. The summed E-state index contributed by atoms with van der Waals surface area (Å²) in [6.45, 7) is 1.20. The predicted molar refractivity (Wildman–Crippen MR) is 48.7 cm³/mol. The largest absolute Gasteiger partial charge is 0.448 e. The van der Waals surface area contributed by atoms with Gasteiger partial charge in [0.05, 0.1) is 6.10 Å². The van der Waals surface area contributed by atoms with E-state index in [1.165, 1.54) is 0 Å². The van der Waals surface area contributed by atoms with Crippen molar-refractivity contribution in [1.29, 1.82) is 0 Å². The number of amides is 1. The molecule has 0 bridgehead atoms. The first-order chi connectivity index (χ1) is 6.77. The molecule has 1 aliphatic rings. The lowest BCUT2D eigenvalue weighted by atomic mass is 10.1. The second kappa shape index (κ2) is 3.84. The van der Waals surface area contributed by atoms with Gasteiger partial charge in [0.2, 0.25) is 0 Å². The summed E-state index contributed by atoms with van der Waals surface area (Å²) >= 11 is 0. The maximum atomic E-state index is 11.7. The lowest BCUT2D eigenvalue weighted by Crippen LogP contribution is -2.39. The Labute approximate surface area is 82.1 Å². The molecule has 1 aliphatic heterocycles. The molecule has 4 nitrogen and oxygen atoms in total. The molecule has 0 aliphatic carbocycles. The lowest BCUT2D eigenvalue weighted by molar-refractivity contribution is 0.0519. The summed E-state index contributed by atoms with van der Waals surface area (Å²) in [6, 6.07) is 3.18. The van der Waals surface area contributed by atoms with Crippen LogP contribution >= 0.6 is 0 Å². The smallest absolute Gasteiger partial charge is 0.289 e. The number of furan rings is 1. The zero-order chi connectivity index (χ0) is 9.97. The molecule has 2 heterocycles. The first kappa shape index (κ1) is 9.27. The molecule has 75 valence electrons. The highest BCUT2D eigenvalue weighted by Crippen LogP contribution is 2.13. The Balaban J connectivity index is 1.99. The molecule has 14 heavy (non-hydrogen) atoms. The van der Waals surface area contributed by atoms with E-state index in [2.05, 4.69) is 6.26 Å². The van der Waals surface area contributed by atoms with Crippen LogP contribution in [0.5, 0.6) is 0 Å². The van der Waals surface area contributed by atoms with Gasteiger partial charge in [0.15, 0.2) is 12.0 Å². The van der Waals surface area contributed by atoms with Crippen LogP contribution < -0.4 is 0 Å². The maximum absolute atomic E-state index is 11.7. The van der Waals surface area contributed by atoms with Crippen molar-refractivity contribution in [1.82, 2.24) is 4.90 Å². The molecule has 0 aromatic carbocycles. The summed E-state index contributed by atoms with van der Waals surface area (Å²) in [6.07, 6.45) is 3.52. The third kappa shape index (κ3) is 1.80. The van der Waals surface area contributed by atoms with Crippen LogP contribution in [-0.2, 0) is 0 Å². The second-order valence-corrected chi connectivity index (χ2v) is 3.44. The van der Waals surface area contributed by atoms with Crippen molar-refractivity contribution < 1.29 is 14.3 Å². The molecule has 0 saturated carbocycles. The lowest BCUT2D eigenvalue weighted by Gasteiger charge is -2.28. The molecule has 4 heteroatoms. The van der Waals surface area contributed by atoms with Crippen LogP contribution in [0, 0.1) is 6.26 Å². The van der Waals surface area contributed by atoms with Crippen LogP contribution in [0.15, 0.2) is 16.5 Å². The second-order valence-electron chi connectivity index (χ2n) is 3.44. The maximum Gasteiger partial charge on any atom is 0.289 e. The van der Waals surface area contributed by atoms with E-state index >= 15 is 0 Å². The highest BCUT2D eigenvalue weighted by molar-refractivity contribution is 5.91. The number of hydrogen-bond acceptors (Lipinski definition) is 3. The Morgan fingerprint density at radius 2 is 2.29 bits per heavy atom. The Morgan fingerprint density at radius 3 is 2.86 bits per heavy atom. The summed E-state index contributed by atoms with van der Waals surface area (Å²) < 4.78 is 4.90. The molecule has 1 aromatic heterocycles. The van der Waals surface area contributed by atoms with Crippen LogP contribution in [0.3, 0.4) is 0 Å². The van der Waals surface area contributed by atoms with E-state index in [0.29, 0.717) is 31.7 Å². The highest BCUT2D eigenvalue weighted by atomic mass is 16.3. The molecule has 1 fully saturated rings. The number of carbonyl (C=O) groups is 1. The molecule has 1 amide bonds. The Bertz CT molecular complexity index is 299. The summed E-state index contributed by atoms with van der Waals surface area (Å²) in [5.41, 5.74) is 0. The minimum atomic E-state index is -0.262. The molecule has 2 rings (SSSR count). The van der Waals surface area contributed by atoms with Crippen LogP contribution in [-0.4, -0.2) is 35.1 Å². The number of likely N-dealkylation sites (tertiary alicyclic amines) is 1. The Hall–Kier alpha value is -1.29. The van der Waals surface area contributed by atoms with Crippen molar-refractivity contribution >= 4 is 5.91 Å². The number of aliphatic hydroxyl groups is 1. The van der Waals surface area contributed by atoms with E-state index in [4.69, 9.17) is 4.42 Å². The third-order valence-corrected chi connectivity index (χ3v) is 2.43. The Morgan fingerprint density at radius 1 is 1.57 bits per heavy atom. The molecule has 0 spiro atoms. The fourth-order valence-corrected chi connectivity index (χ4v) is 1.58. The fourth-order valence-electron chi connectivity index (χ4n) is 1.58. The molecular formula is C10H12NO3. The highest BCUT2D eigenvalue weighted by Gasteiger charge is 2.23. The average molecular weight is 194 g/mol. The van der Waals surface area contributed by atoms with Crippen molar-refractivity contribution in [2.24, 2.45) is 0 Å². The molecule has 1 radical (unpaired) electrons. The zero-order valence-electron chi connectivity index (χ0n) is 7.77. The summed E-state index contributed by atoms with van der Waals surface area (Å²) in [5.74, 6) is 0.208. The van der Waals surface area contributed by atoms with Crippen LogP contribution in [0.4, 0.5) is 0 Å². The number of aliphatic hydroxyl groups excluding tert-OH is 1. The van der Waals surface area contributed by atoms with Crippen LogP contribution in [0.1, 0.15) is 23.4 Å². The third-order valence-electron chi connectivity index (χ3n) is 2.43. The van der Waals surface area contributed by atoms with Crippen molar-refractivity contribution in [3.63, 3.8) is 0 Å². The first-order valence-corrected chi connectivity index (χ1v) is 4.70. The quantitative estimate of drug-likeness (QED) is 0.715. The van der Waals surface area contributed by atoms with E-state index in [0.717, 1.165) is 0 Å². The summed E-state index contributed by atoms with van der Waals surface area (Å²) in [5, 5.41) is 9.27. The summed E-state index contributed by atoms with van der Waals surface area (Å²) in [7, 11) is 0. The van der Waals surface area contributed by atoms with E-state index < -0.39 is 0 Å². The van der Waals surface area contributed by atoms with Crippen molar-refractivity contribution in [3.05, 3.63) is 24.2 Å². The average Bonchev–Trinajstić information content (AvgIpc) is 2.71. The van der Waals surface area contributed by atoms with E-state index in [9.17, 15) is 9.90 Å². The SMILES string of the molecule is O=C(c1cc[c]o1)N1CCC(O)CC1. The van der Waals surface area contributed by atoms with Crippen molar-refractivity contribution in [2.75, 3.05) is 13.1 Å². The number of carbonyl (C=O) groups excluding carboxylic acids is 1. The van der Waals surface area contributed by atoms with Gasteiger partial charge in [0.1, 0.15) is 0 Å². The molecule has 0 atom stereocenters. The fraction of sp³-hybridized carbons (Fsp3) is 0.500. The molecular weight excluding hydrogens is 182 g/mol. The molecule has 0 unspecified atom stereocenters.